The van der Waals surface area contributed by atoms with E-state index in [1.807, 2.05) is 31.2 Å². The summed E-state index contributed by atoms with van der Waals surface area (Å²) in [6.45, 7) is 3.76. The Kier molecular flexibility index (Phi) is 2.75. The number of hydrogen-bond acceptors (Lipinski definition) is 3. The predicted molar refractivity (Wildman–Crippen MR) is 74.9 cm³/mol. The van der Waals surface area contributed by atoms with Crippen LogP contribution in [-0.4, -0.2) is 25.7 Å². The third-order valence-electron chi connectivity index (χ3n) is 3.36. The highest BCUT2D eigenvalue weighted by Gasteiger charge is 2.15. The van der Waals surface area contributed by atoms with E-state index < -0.39 is 5.97 Å². The SMILES string of the molecule is Cc1ccc(-c2cnn3c(C)c(C(=O)O)cnc23)cc1. The topological polar surface area (TPSA) is 67.5 Å². The molecule has 0 unspecified atom stereocenters. The molecule has 0 atom stereocenters. The van der Waals surface area contributed by atoms with Crippen molar-refractivity contribution in [1.82, 2.24) is 14.6 Å². The van der Waals surface area contributed by atoms with Crippen molar-refractivity contribution in [3.8, 4) is 11.1 Å². The summed E-state index contributed by atoms with van der Waals surface area (Å²) in [5.74, 6) is -0.996. The number of rotatable bonds is 2. The molecule has 0 amide bonds. The van der Waals surface area contributed by atoms with Crippen LogP contribution in [0.1, 0.15) is 21.6 Å². The lowest BCUT2D eigenvalue weighted by Crippen LogP contribution is -2.06. The van der Waals surface area contributed by atoms with Crippen LogP contribution in [0.5, 0.6) is 0 Å². The highest BCUT2D eigenvalue weighted by atomic mass is 16.4. The fourth-order valence-electron chi connectivity index (χ4n) is 2.19. The molecule has 0 saturated carbocycles. The molecule has 3 rings (SSSR count). The molecular formula is C15H13N3O2. The number of hydrogen-bond donors (Lipinski definition) is 1. The van der Waals surface area contributed by atoms with Crippen LogP contribution in [0.25, 0.3) is 16.8 Å². The molecule has 5 nitrogen and oxygen atoms in total. The molecule has 0 aliphatic carbocycles. The summed E-state index contributed by atoms with van der Waals surface area (Å²) in [7, 11) is 0. The van der Waals surface area contributed by atoms with E-state index in [9.17, 15) is 4.79 Å². The number of benzene rings is 1. The summed E-state index contributed by atoms with van der Waals surface area (Å²) in [5, 5.41) is 13.3. The molecule has 0 radical (unpaired) electrons. The average Bonchev–Trinajstić information content (AvgIpc) is 2.84. The number of aromatic carboxylic acids is 1. The lowest BCUT2D eigenvalue weighted by atomic mass is 10.1. The highest BCUT2D eigenvalue weighted by Crippen LogP contribution is 2.24. The number of carboxylic acids is 1. The second-order valence-electron chi connectivity index (χ2n) is 4.72. The molecule has 1 aromatic carbocycles. The van der Waals surface area contributed by atoms with Crippen LogP contribution in [0, 0.1) is 13.8 Å². The Morgan fingerprint density at radius 3 is 2.50 bits per heavy atom. The maximum absolute atomic E-state index is 11.1. The number of carboxylic acid groups (broad SMARTS) is 1. The molecule has 3 aromatic rings. The van der Waals surface area contributed by atoms with Gasteiger partial charge in [0.1, 0.15) is 0 Å². The summed E-state index contributed by atoms with van der Waals surface area (Å²) in [6.07, 6.45) is 3.10. The van der Waals surface area contributed by atoms with Gasteiger partial charge in [-0.3, -0.25) is 0 Å². The minimum Gasteiger partial charge on any atom is -0.478 e. The van der Waals surface area contributed by atoms with Gasteiger partial charge in [0.05, 0.1) is 17.5 Å². The lowest BCUT2D eigenvalue weighted by Gasteiger charge is -2.04. The number of fused-ring (bicyclic) bond motifs is 1. The highest BCUT2D eigenvalue weighted by molar-refractivity contribution is 5.89. The first-order valence-corrected chi connectivity index (χ1v) is 6.21. The number of nitrogens with zero attached hydrogens (tertiary/aromatic N) is 3. The summed E-state index contributed by atoms with van der Waals surface area (Å²) in [6, 6.07) is 8.07. The molecule has 0 bridgehead atoms. The van der Waals surface area contributed by atoms with Gasteiger partial charge in [-0.05, 0) is 19.4 Å². The summed E-state index contributed by atoms with van der Waals surface area (Å²) >= 11 is 0. The van der Waals surface area contributed by atoms with E-state index in [-0.39, 0.29) is 5.56 Å². The van der Waals surface area contributed by atoms with E-state index in [4.69, 9.17) is 5.11 Å². The molecule has 20 heavy (non-hydrogen) atoms. The molecular weight excluding hydrogens is 254 g/mol. The third-order valence-corrected chi connectivity index (χ3v) is 3.36. The quantitative estimate of drug-likeness (QED) is 0.775. The minimum absolute atomic E-state index is 0.163. The first-order valence-electron chi connectivity index (χ1n) is 6.21. The van der Waals surface area contributed by atoms with Crippen LogP contribution < -0.4 is 0 Å². The molecule has 1 N–H and O–H groups in total. The Balaban J connectivity index is 2.22. The van der Waals surface area contributed by atoms with Crippen molar-refractivity contribution in [3.05, 3.63) is 53.5 Å². The third kappa shape index (κ3) is 1.84. The molecule has 2 heterocycles. The Bertz CT molecular complexity index is 804. The average molecular weight is 267 g/mol. The van der Waals surface area contributed by atoms with Gasteiger partial charge >= 0.3 is 5.97 Å². The van der Waals surface area contributed by atoms with Crippen molar-refractivity contribution in [2.24, 2.45) is 0 Å². The van der Waals surface area contributed by atoms with Crippen molar-refractivity contribution in [1.29, 1.82) is 0 Å². The van der Waals surface area contributed by atoms with Crippen molar-refractivity contribution in [2.45, 2.75) is 13.8 Å². The smallest absolute Gasteiger partial charge is 0.339 e. The van der Waals surface area contributed by atoms with Crippen molar-refractivity contribution in [2.75, 3.05) is 0 Å². The summed E-state index contributed by atoms with van der Waals surface area (Å²) < 4.78 is 1.57. The fourth-order valence-corrected chi connectivity index (χ4v) is 2.19. The summed E-state index contributed by atoms with van der Waals surface area (Å²) in [5.41, 5.74) is 4.49. The van der Waals surface area contributed by atoms with E-state index in [0.29, 0.717) is 11.3 Å². The van der Waals surface area contributed by atoms with E-state index in [1.165, 1.54) is 11.8 Å². The number of aryl methyl sites for hydroxylation is 2. The molecule has 2 aromatic heterocycles. The molecule has 0 saturated heterocycles. The van der Waals surface area contributed by atoms with E-state index >= 15 is 0 Å². The molecule has 100 valence electrons. The maximum atomic E-state index is 11.1. The zero-order chi connectivity index (χ0) is 14.3. The molecule has 5 heteroatoms. The van der Waals surface area contributed by atoms with Gasteiger partial charge in [0.15, 0.2) is 5.65 Å². The zero-order valence-corrected chi connectivity index (χ0v) is 11.2. The molecule has 0 aliphatic heterocycles. The molecule has 0 fully saturated rings. The van der Waals surface area contributed by atoms with E-state index in [1.54, 1.807) is 17.6 Å². The second kappa shape index (κ2) is 4.45. The van der Waals surface area contributed by atoms with Gasteiger partial charge in [0.25, 0.3) is 0 Å². The fraction of sp³-hybridized carbons (Fsp3) is 0.133. The Hall–Kier alpha value is -2.69. The van der Waals surface area contributed by atoms with Gasteiger partial charge in [0.2, 0.25) is 0 Å². The van der Waals surface area contributed by atoms with Gasteiger partial charge in [-0.2, -0.15) is 5.10 Å². The standard InChI is InChI=1S/C15H13N3O2/c1-9-3-5-11(6-4-9)13-8-17-18-10(2)12(15(19)20)7-16-14(13)18/h3-8H,1-2H3,(H,19,20). The van der Waals surface area contributed by atoms with Crippen molar-refractivity contribution >= 4 is 11.6 Å². The zero-order valence-electron chi connectivity index (χ0n) is 11.2. The van der Waals surface area contributed by atoms with Gasteiger partial charge < -0.3 is 5.11 Å². The van der Waals surface area contributed by atoms with Crippen LogP contribution in [0.3, 0.4) is 0 Å². The number of aromatic nitrogens is 3. The van der Waals surface area contributed by atoms with Crippen molar-refractivity contribution in [3.63, 3.8) is 0 Å². The second-order valence-corrected chi connectivity index (χ2v) is 4.72. The lowest BCUT2D eigenvalue weighted by molar-refractivity contribution is 0.0695. The maximum Gasteiger partial charge on any atom is 0.339 e. The van der Waals surface area contributed by atoms with E-state index in [0.717, 1.165) is 11.1 Å². The normalized spacial score (nSPS) is 10.9. The Labute approximate surface area is 115 Å². The molecule has 0 aliphatic rings. The first-order chi connectivity index (χ1) is 9.58. The van der Waals surface area contributed by atoms with Crippen LogP contribution >= 0.6 is 0 Å². The van der Waals surface area contributed by atoms with Crippen LogP contribution in [-0.2, 0) is 0 Å². The van der Waals surface area contributed by atoms with Crippen molar-refractivity contribution < 1.29 is 9.90 Å². The Morgan fingerprint density at radius 1 is 1.15 bits per heavy atom. The predicted octanol–water partition coefficient (Wildman–Crippen LogP) is 2.71. The van der Waals surface area contributed by atoms with Gasteiger partial charge in [0, 0.05) is 11.8 Å². The molecule has 0 spiro atoms. The largest absolute Gasteiger partial charge is 0.478 e. The monoisotopic (exact) mass is 267 g/mol. The van der Waals surface area contributed by atoms with E-state index in [2.05, 4.69) is 10.1 Å². The van der Waals surface area contributed by atoms with Gasteiger partial charge in [-0.15, -0.1) is 0 Å². The minimum atomic E-state index is -0.996. The van der Waals surface area contributed by atoms with Gasteiger partial charge in [-0.25, -0.2) is 14.3 Å². The first kappa shape index (κ1) is 12.3. The van der Waals surface area contributed by atoms with Crippen LogP contribution in [0.4, 0.5) is 0 Å². The van der Waals surface area contributed by atoms with Crippen LogP contribution in [0.15, 0.2) is 36.7 Å². The Morgan fingerprint density at radius 2 is 1.85 bits per heavy atom. The van der Waals surface area contributed by atoms with Crippen LogP contribution in [0.2, 0.25) is 0 Å². The summed E-state index contributed by atoms with van der Waals surface area (Å²) in [4.78, 5) is 15.3. The number of carbonyl (C=O) groups is 1. The van der Waals surface area contributed by atoms with Gasteiger partial charge in [-0.1, -0.05) is 29.8 Å².